The average Bonchev–Trinajstić information content (AvgIpc) is 2.41. The number of rotatable bonds is 5. The van der Waals surface area contributed by atoms with Crippen molar-refractivity contribution in [1.29, 1.82) is 0 Å². The number of hydrogen-bond donors (Lipinski definition) is 1. The third kappa shape index (κ3) is 4.32. The van der Waals surface area contributed by atoms with Crippen LogP contribution < -0.4 is 5.32 Å². The van der Waals surface area contributed by atoms with Crippen molar-refractivity contribution in [3.63, 3.8) is 0 Å². The smallest absolute Gasteiger partial charge is 0.0294 e. The Morgan fingerprint density at radius 1 is 1.32 bits per heavy atom. The van der Waals surface area contributed by atoms with E-state index in [0.29, 0.717) is 12.1 Å². The van der Waals surface area contributed by atoms with Crippen molar-refractivity contribution in [3.8, 4) is 0 Å². The zero-order valence-electron chi connectivity index (χ0n) is 12.7. The second-order valence-corrected chi connectivity index (χ2v) is 5.92. The Labute approximate surface area is 118 Å². The summed E-state index contributed by atoms with van der Waals surface area (Å²) >= 11 is 0. The number of hydrogen-bond acceptors (Lipinski definition) is 2. The van der Waals surface area contributed by atoms with Gasteiger partial charge in [-0.25, -0.2) is 0 Å². The minimum Gasteiger partial charge on any atom is -0.307 e. The van der Waals surface area contributed by atoms with Gasteiger partial charge < -0.3 is 10.2 Å². The van der Waals surface area contributed by atoms with E-state index in [1.807, 2.05) is 0 Å². The van der Waals surface area contributed by atoms with Crippen molar-refractivity contribution < 1.29 is 0 Å². The van der Waals surface area contributed by atoms with Crippen LogP contribution in [-0.4, -0.2) is 30.6 Å². The topological polar surface area (TPSA) is 15.3 Å². The molecule has 0 spiro atoms. The van der Waals surface area contributed by atoms with E-state index in [4.69, 9.17) is 0 Å². The predicted octanol–water partition coefficient (Wildman–Crippen LogP) is 3.52. The Bertz CT molecular complexity index is 381. The van der Waals surface area contributed by atoms with Crippen molar-refractivity contribution in [2.24, 2.45) is 0 Å². The van der Waals surface area contributed by atoms with Crippen LogP contribution in [0.1, 0.15) is 50.3 Å². The van der Waals surface area contributed by atoms with Crippen LogP contribution in [-0.2, 0) is 0 Å². The van der Waals surface area contributed by atoms with Crippen LogP contribution in [0.5, 0.6) is 0 Å². The van der Waals surface area contributed by atoms with Crippen molar-refractivity contribution in [2.45, 2.75) is 52.1 Å². The van der Waals surface area contributed by atoms with Crippen molar-refractivity contribution >= 4 is 0 Å². The lowest BCUT2D eigenvalue weighted by Crippen LogP contribution is -2.43. The van der Waals surface area contributed by atoms with E-state index < -0.39 is 0 Å². The molecule has 2 nitrogen and oxygen atoms in total. The highest BCUT2D eigenvalue weighted by molar-refractivity contribution is 5.24. The summed E-state index contributed by atoms with van der Waals surface area (Å²) in [6.45, 7) is 10.5. The summed E-state index contributed by atoms with van der Waals surface area (Å²) < 4.78 is 0. The molecule has 0 unspecified atom stereocenters. The average molecular weight is 260 g/mol. The van der Waals surface area contributed by atoms with Crippen molar-refractivity contribution in [1.82, 2.24) is 10.2 Å². The summed E-state index contributed by atoms with van der Waals surface area (Å²) in [7, 11) is 0. The van der Waals surface area contributed by atoms with E-state index >= 15 is 0 Å². The third-order valence-corrected chi connectivity index (χ3v) is 4.16. The molecule has 1 saturated heterocycles. The minimum absolute atomic E-state index is 0.461. The number of piperidine rings is 1. The summed E-state index contributed by atoms with van der Waals surface area (Å²) in [4.78, 5) is 2.59. The summed E-state index contributed by atoms with van der Waals surface area (Å²) in [5.74, 6) is 0. The van der Waals surface area contributed by atoms with E-state index in [1.54, 1.807) is 0 Å². The summed E-state index contributed by atoms with van der Waals surface area (Å²) in [6, 6.07) is 10.00. The molecule has 2 heteroatoms. The molecule has 1 heterocycles. The van der Waals surface area contributed by atoms with Gasteiger partial charge >= 0.3 is 0 Å². The highest BCUT2D eigenvalue weighted by Gasteiger charge is 2.20. The van der Waals surface area contributed by atoms with Gasteiger partial charge in [0.05, 0.1) is 0 Å². The fourth-order valence-electron chi connectivity index (χ4n) is 3.03. The molecular weight excluding hydrogens is 232 g/mol. The number of likely N-dealkylation sites (tertiary alicyclic amines) is 1. The van der Waals surface area contributed by atoms with Crippen LogP contribution in [0.3, 0.4) is 0 Å². The van der Waals surface area contributed by atoms with Gasteiger partial charge in [-0.05, 0) is 58.3 Å². The minimum atomic E-state index is 0.461. The van der Waals surface area contributed by atoms with Crippen LogP contribution in [0, 0.1) is 6.92 Å². The standard InChI is InChI=1S/C17H28N2/c1-4-10-19-11-8-17(9-12-19)18-15(3)16-7-5-6-14(2)13-16/h5-7,13,15,17-18H,4,8-12H2,1-3H3/t15-/m1/s1. The number of aryl methyl sites for hydroxylation is 1. The Hall–Kier alpha value is -0.860. The number of benzene rings is 1. The monoisotopic (exact) mass is 260 g/mol. The zero-order chi connectivity index (χ0) is 13.7. The van der Waals surface area contributed by atoms with E-state index in [0.717, 1.165) is 0 Å². The fourth-order valence-corrected chi connectivity index (χ4v) is 3.03. The lowest BCUT2D eigenvalue weighted by Gasteiger charge is -2.33. The van der Waals surface area contributed by atoms with Gasteiger partial charge in [0.1, 0.15) is 0 Å². The Balaban J connectivity index is 1.82. The molecule has 1 fully saturated rings. The van der Waals surface area contributed by atoms with Crippen molar-refractivity contribution in [3.05, 3.63) is 35.4 Å². The lowest BCUT2D eigenvalue weighted by atomic mass is 10.0. The molecule has 1 N–H and O–H groups in total. The molecule has 0 amide bonds. The lowest BCUT2D eigenvalue weighted by molar-refractivity contribution is 0.192. The van der Waals surface area contributed by atoms with E-state index in [1.165, 1.54) is 50.0 Å². The Kier molecular flexibility index (Phi) is 5.41. The van der Waals surface area contributed by atoms with Gasteiger partial charge in [0, 0.05) is 12.1 Å². The number of nitrogens with zero attached hydrogens (tertiary/aromatic N) is 1. The summed E-state index contributed by atoms with van der Waals surface area (Å²) in [5, 5.41) is 3.80. The second kappa shape index (κ2) is 7.06. The normalized spacial score (nSPS) is 19.5. The molecule has 1 aliphatic rings. The largest absolute Gasteiger partial charge is 0.307 e. The molecule has 0 radical (unpaired) electrons. The summed E-state index contributed by atoms with van der Waals surface area (Å²) in [6.07, 6.45) is 3.85. The maximum absolute atomic E-state index is 3.80. The molecule has 0 bridgehead atoms. The van der Waals surface area contributed by atoms with Crippen LogP contribution in [0.2, 0.25) is 0 Å². The van der Waals surface area contributed by atoms with Gasteiger partial charge in [-0.2, -0.15) is 0 Å². The second-order valence-electron chi connectivity index (χ2n) is 5.92. The first-order valence-electron chi connectivity index (χ1n) is 7.74. The molecule has 0 aromatic heterocycles. The van der Waals surface area contributed by atoms with Gasteiger partial charge in [-0.3, -0.25) is 0 Å². The van der Waals surface area contributed by atoms with Gasteiger partial charge in [-0.1, -0.05) is 36.8 Å². The first-order chi connectivity index (χ1) is 9.19. The molecule has 0 aliphatic carbocycles. The van der Waals surface area contributed by atoms with Gasteiger partial charge in [0.15, 0.2) is 0 Å². The van der Waals surface area contributed by atoms with E-state index in [2.05, 4.69) is 55.3 Å². The molecular formula is C17H28N2. The highest BCUT2D eigenvalue weighted by atomic mass is 15.1. The van der Waals surface area contributed by atoms with Crippen LogP contribution in [0.25, 0.3) is 0 Å². The van der Waals surface area contributed by atoms with E-state index in [-0.39, 0.29) is 0 Å². The first-order valence-corrected chi connectivity index (χ1v) is 7.74. The highest BCUT2D eigenvalue weighted by Crippen LogP contribution is 2.18. The molecule has 1 atom stereocenters. The predicted molar refractivity (Wildman–Crippen MR) is 82.5 cm³/mol. The van der Waals surface area contributed by atoms with E-state index in [9.17, 15) is 0 Å². The molecule has 0 saturated carbocycles. The molecule has 1 aliphatic heterocycles. The fraction of sp³-hybridized carbons (Fsp3) is 0.647. The third-order valence-electron chi connectivity index (χ3n) is 4.16. The number of nitrogens with one attached hydrogen (secondary N) is 1. The Morgan fingerprint density at radius 2 is 2.05 bits per heavy atom. The SMILES string of the molecule is CCCN1CCC(N[C@H](C)c2cccc(C)c2)CC1. The quantitative estimate of drug-likeness (QED) is 0.871. The maximum Gasteiger partial charge on any atom is 0.0294 e. The summed E-state index contributed by atoms with van der Waals surface area (Å²) in [5.41, 5.74) is 2.76. The van der Waals surface area contributed by atoms with Gasteiger partial charge in [0.25, 0.3) is 0 Å². The molecule has 2 rings (SSSR count). The van der Waals surface area contributed by atoms with Crippen LogP contribution >= 0.6 is 0 Å². The van der Waals surface area contributed by atoms with Gasteiger partial charge in [0.2, 0.25) is 0 Å². The van der Waals surface area contributed by atoms with Crippen LogP contribution in [0.15, 0.2) is 24.3 Å². The van der Waals surface area contributed by atoms with Gasteiger partial charge in [-0.15, -0.1) is 0 Å². The molecule has 106 valence electrons. The molecule has 19 heavy (non-hydrogen) atoms. The Morgan fingerprint density at radius 3 is 2.68 bits per heavy atom. The molecule has 1 aromatic carbocycles. The van der Waals surface area contributed by atoms with Crippen molar-refractivity contribution in [2.75, 3.05) is 19.6 Å². The maximum atomic E-state index is 3.80. The first kappa shape index (κ1) is 14.5. The molecule has 1 aromatic rings. The zero-order valence-corrected chi connectivity index (χ0v) is 12.7. The van der Waals surface area contributed by atoms with Crippen LogP contribution in [0.4, 0.5) is 0 Å².